The minimum absolute atomic E-state index is 0.0422. The Morgan fingerprint density at radius 2 is 0.946 bits per heavy atom. The standard InChI is InChI=1S/C31H28O6/c1-34-23-14-8-12-19-25(36-3)16-21(30(32)28(19)23)27(18-10-6-5-7-11-18)22-17-26(37-4)20-13-9-15-24(35-2)29(20)31(22)33/h5-17,27,32-33H,1-4H3. The summed E-state index contributed by atoms with van der Waals surface area (Å²) in [7, 11) is 6.31. The Bertz CT molecular complexity index is 1490. The molecule has 0 aromatic heterocycles. The number of hydrogen-bond acceptors (Lipinski definition) is 6. The SMILES string of the molecule is COc1cc(C(c2ccccc2)c2cc(OC)c3cccc(OC)c3c2O)c(O)c2c(OC)cccc12. The fourth-order valence-electron chi connectivity index (χ4n) is 5.12. The number of rotatable bonds is 7. The summed E-state index contributed by atoms with van der Waals surface area (Å²) in [5.41, 5.74) is 1.96. The van der Waals surface area contributed by atoms with Crippen LogP contribution in [-0.2, 0) is 0 Å². The van der Waals surface area contributed by atoms with Gasteiger partial charge in [0.2, 0.25) is 0 Å². The smallest absolute Gasteiger partial charge is 0.131 e. The summed E-state index contributed by atoms with van der Waals surface area (Å²) in [6, 6.07) is 24.4. The lowest BCUT2D eigenvalue weighted by Crippen LogP contribution is -2.07. The average Bonchev–Trinajstić information content (AvgIpc) is 2.95. The van der Waals surface area contributed by atoms with Crippen LogP contribution in [0.25, 0.3) is 21.5 Å². The normalized spacial score (nSPS) is 11.2. The fraction of sp³-hybridized carbons (Fsp3) is 0.161. The molecule has 0 bridgehead atoms. The first-order valence-corrected chi connectivity index (χ1v) is 11.8. The molecule has 0 radical (unpaired) electrons. The predicted octanol–water partition coefficient (Wildman–Crippen LogP) is 6.62. The maximum atomic E-state index is 11.7. The molecule has 0 saturated heterocycles. The highest BCUT2D eigenvalue weighted by Gasteiger charge is 2.29. The van der Waals surface area contributed by atoms with Gasteiger partial charge in [-0.25, -0.2) is 0 Å². The lowest BCUT2D eigenvalue weighted by molar-refractivity contribution is 0.407. The van der Waals surface area contributed by atoms with E-state index in [2.05, 4.69) is 0 Å². The average molecular weight is 497 g/mol. The number of fused-ring (bicyclic) bond motifs is 2. The van der Waals surface area contributed by atoms with Crippen molar-refractivity contribution in [3.8, 4) is 34.5 Å². The van der Waals surface area contributed by atoms with Crippen molar-refractivity contribution in [3.05, 3.63) is 95.6 Å². The van der Waals surface area contributed by atoms with Gasteiger partial charge >= 0.3 is 0 Å². The van der Waals surface area contributed by atoms with Crippen LogP contribution in [0, 0.1) is 0 Å². The molecule has 0 unspecified atom stereocenters. The molecule has 0 heterocycles. The number of phenolic OH excluding ortho intramolecular Hbond substituents is 2. The Balaban J connectivity index is 1.92. The van der Waals surface area contributed by atoms with Crippen molar-refractivity contribution < 1.29 is 29.2 Å². The first-order chi connectivity index (χ1) is 18.0. The second-order valence-electron chi connectivity index (χ2n) is 8.64. The molecule has 6 nitrogen and oxygen atoms in total. The molecular formula is C31H28O6. The highest BCUT2D eigenvalue weighted by molar-refractivity contribution is 6.01. The molecule has 5 rings (SSSR count). The minimum atomic E-state index is -0.576. The topological polar surface area (TPSA) is 77.4 Å². The van der Waals surface area contributed by atoms with E-state index in [-0.39, 0.29) is 11.5 Å². The van der Waals surface area contributed by atoms with Crippen molar-refractivity contribution in [1.29, 1.82) is 0 Å². The number of phenols is 2. The summed E-state index contributed by atoms with van der Waals surface area (Å²) in [4.78, 5) is 0. The summed E-state index contributed by atoms with van der Waals surface area (Å²) in [5.74, 6) is 1.70. The second kappa shape index (κ2) is 9.82. The van der Waals surface area contributed by atoms with Gasteiger partial charge in [-0.1, -0.05) is 54.6 Å². The van der Waals surface area contributed by atoms with Crippen LogP contribution < -0.4 is 18.9 Å². The van der Waals surface area contributed by atoms with Gasteiger partial charge in [0.15, 0.2) is 0 Å². The Labute approximate surface area is 215 Å². The van der Waals surface area contributed by atoms with Crippen molar-refractivity contribution in [2.24, 2.45) is 0 Å². The Kier molecular flexibility index (Phi) is 6.40. The van der Waals surface area contributed by atoms with Crippen LogP contribution in [0.2, 0.25) is 0 Å². The number of ether oxygens (including phenoxy) is 4. The lowest BCUT2D eigenvalue weighted by Gasteiger charge is -2.25. The Hall–Kier alpha value is -4.58. The lowest BCUT2D eigenvalue weighted by atomic mass is 9.81. The molecule has 0 aliphatic rings. The van der Waals surface area contributed by atoms with Gasteiger partial charge in [0, 0.05) is 27.8 Å². The number of methoxy groups -OCH3 is 4. The molecule has 0 aliphatic heterocycles. The van der Waals surface area contributed by atoms with Crippen LogP contribution in [0.3, 0.4) is 0 Å². The zero-order valence-electron chi connectivity index (χ0n) is 21.1. The largest absolute Gasteiger partial charge is 0.507 e. The van der Waals surface area contributed by atoms with Gasteiger partial charge in [0.1, 0.15) is 34.5 Å². The van der Waals surface area contributed by atoms with Crippen molar-refractivity contribution in [2.45, 2.75) is 5.92 Å². The van der Waals surface area contributed by atoms with Crippen LogP contribution in [0.5, 0.6) is 34.5 Å². The highest BCUT2D eigenvalue weighted by atomic mass is 16.5. The van der Waals surface area contributed by atoms with Gasteiger partial charge < -0.3 is 29.2 Å². The van der Waals surface area contributed by atoms with E-state index < -0.39 is 5.92 Å². The van der Waals surface area contributed by atoms with E-state index in [1.807, 2.05) is 66.7 Å². The van der Waals surface area contributed by atoms with Crippen LogP contribution in [-0.4, -0.2) is 38.7 Å². The third-order valence-electron chi connectivity index (χ3n) is 6.81. The maximum Gasteiger partial charge on any atom is 0.131 e. The van der Waals surface area contributed by atoms with E-state index in [1.165, 1.54) is 0 Å². The first kappa shape index (κ1) is 24.1. The molecule has 0 amide bonds. The number of benzene rings is 5. The zero-order chi connectivity index (χ0) is 26.1. The van der Waals surface area contributed by atoms with Crippen LogP contribution in [0.15, 0.2) is 78.9 Å². The third-order valence-corrected chi connectivity index (χ3v) is 6.81. The van der Waals surface area contributed by atoms with E-state index in [0.717, 1.165) is 16.3 Å². The molecule has 0 fully saturated rings. The van der Waals surface area contributed by atoms with Gasteiger partial charge in [-0.05, 0) is 29.8 Å². The molecule has 5 aromatic carbocycles. The number of aromatic hydroxyl groups is 2. The van der Waals surface area contributed by atoms with Crippen molar-refractivity contribution in [1.82, 2.24) is 0 Å². The van der Waals surface area contributed by atoms with Crippen molar-refractivity contribution in [3.63, 3.8) is 0 Å². The zero-order valence-corrected chi connectivity index (χ0v) is 21.1. The van der Waals surface area contributed by atoms with Gasteiger partial charge in [-0.2, -0.15) is 0 Å². The molecule has 6 heteroatoms. The highest BCUT2D eigenvalue weighted by Crippen LogP contribution is 2.51. The van der Waals surface area contributed by atoms with Gasteiger partial charge in [-0.15, -0.1) is 0 Å². The van der Waals surface area contributed by atoms with Crippen molar-refractivity contribution >= 4 is 21.5 Å². The van der Waals surface area contributed by atoms with E-state index in [1.54, 1.807) is 40.6 Å². The van der Waals surface area contributed by atoms with Crippen LogP contribution >= 0.6 is 0 Å². The molecule has 2 N–H and O–H groups in total. The van der Waals surface area contributed by atoms with Crippen LogP contribution in [0.4, 0.5) is 0 Å². The molecule has 0 spiro atoms. The molecule has 5 aromatic rings. The quantitative estimate of drug-likeness (QED) is 0.247. The van der Waals surface area contributed by atoms with Gasteiger partial charge in [0.05, 0.1) is 39.2 Å². The summed E-state index contributed by atoms with van der Waals surface area (Å²) in [6.45, 7) is 0. The Morgan fingerprint density at radius 1 is 0.514 bits per heavy atom. The summed E-state index contributed by atoms with van der Waals surface area (Å²) in [5, 5.41) is 26.0. The van der Waals surface area contributed by atoms with E-state index in [4.69, 9.17) is 18.9 Å². The summed E-state index contributed by atoms with van der Waals surface area (Å²) < 4.78 is 22.7. The third kappa shape index (κ3) is 3.91. The molecule has 37 heavy (non-hydrogen) atoms. The molecule has 0 saturated carbocycles. The second-order valence-corrected chi connectivity index (χ2v) is 8.64. The fourth-order valence-corrected chi connectivity index (χ4v) is 5.12. The van der Waals surface area contributed by atoms with E-state index >= 15 is 0 Å². The Morgan fingerprint density at radius 3 is 1.35 bits per heavy atom. The van der Waals surface area contributed by atoms with Crippen LogP contribution in [0.1, 0.15) is 22.6 Å². The first-order valence-electron chi connectivity index (χ1n) is 11.8. The van der Waals surface area contributed by atoms with Gasteiger partial charge in [-0.3, -0.25) is 0 Å². The van der Waals surface area contributed by atoms with Gasteiger partial charge in [0.25, 0.3) is 0 Å². The summed E-state index contributed by atoms with van der Waals surface area (Å²) in [6.07, 6.45) is 0. The van der Waals surface area contributed by atoms with Crippen molar-refractivity contribution in [2.75, 3.05) is 28.4 Å². The number of hydrogen-bond donors (Lipinski definition) is 2. The summed E-state index contributed by atoms with van der Waals surface area (Å²) >= 11 is 0. The minimum Gasteiger partial charge on any atom is -0.507 e. The van der Waals surface area contributed by atoms with E-state index in [0.29, 0.717) is 44.9 Å². The molecule has 188 valence electrons. The molecule has 0 aliphatic carbocycles. The maximum absolute atomic E-state index is 11.7. The van der Waals surface area contributed by atoms with E-state index in [9.17, 15) is 10.2 Å². The predicted molar refractivity (Wildman–Crippen MR) is 145 cm³/mol. The molecular weight excluding hydrogens is 468 g/mol. The monoisotopic (exact) mass is 496 g/mol. The molecule has 0 atom stereocenters.